The molecule has 2 aromatic carbocycles. The van der Waals surface area contributed by atoms with Crippen LogP contribution in [0.2, 0.25) is 0 Å². The number of hydrogen-bond acceptors (Lipinski definition) is 6. The van der Waals surface area contributed by atoms with E-state index in [9.17, 15) is 23.2 Å². The van der Waals surface area contributed by atoms with Gasteiger partial charge >= 0.3 is 6.18 Å². The zero-order valence-corrected chi connectivity index (χ0v) is 19.9. The van der Waals surface area contributed by atoms with E-state index in [2.05, 4.69) is 16.4 Å². The number of halogens is 3. The van der Waals surface area contributed by atoms with E-state index in [1.165, 1.54) is 6.07 Å². The predicted molar refractivity (Wildman–Crippen MR) is 132 cm³/mol. The molecule has 3 aromatic rings. The molecular weight excluding hydrogens is 469 g/mol. The predicted octanol–water partition coefficient (Wildman–Crippen LogP) is 4.50. The van der Waals surface area contributed by atoms with Crippen LogP contribution >= 0.6 is 0 Å². The molecule has 1 saturated heterocycles. The highest BCUT2D eigenvalue weighted by molar-refractivity contribution is 5.88. The summed E-state index contributed by atoms with van der Waals surface area (Å²) >= 11 is 0. The molecule has 1 amide bonds. The molecule has 1 aromatic heterocycles. The van der Waals surface area contributed by atoms with Crippen molar-refractivity contribution in [3.8, 4) is 6.07 Å². The minimum atomic E-state index is -4.41. The number of rotatable bonds is 7. The van der Waals surface area contributed by atoms with E-state index in [0.717, 1.165) is 25.0 Å². The van der Waals surface area contributed by atoms with Gasteiger partial charge in [0.15, 0.2) is 11.7 Å². The lowest BCUT2D eigenvalue weighted by Gasteiger charge is -2.37. The molecule has 0 saturated carbocycles. The van der Waals surface area contributed by atoms with E-state index in [0.29, 0.717) is 55.3 Å². The number of alkyl halides is 3. The fraction of sp³-hybridized carbons (Fsp3) is 0.385. The Bertz CT molecular complexity index is 1260. The van der Waals surface area contributed by atoms with Crippen molar-refractivity contribution in [3.63, 3.8) is 0 Å². The van der Waals surface area contributed by atoms with Gasteiger partial charge in [-0.2, -0.15) is 18.4 Å². The van der Waals surface area contributed by atoms with Gasteiger partial charge in [-0.05, 0) is 36.8 Å². The Morgan fingerprint density at radius 2 is 1.72 bits per heavy atom. The van der Waals surface area contributed by atoms with Crippen LogP contribution in [0, 0.1) is 11.3 Å². The molecule has 0 spiro atoms. The molecule has 1 atom stereocenters. The number of aromatic nitrogens is 2. The lowest BCUT2D eigenvalue weighted by Crippen LogP contribution is -2.47. The number of hydrogen-bond donors (Lipinski definition) is 1. The van der Waals surface area contributed by atoms with Crippen molar-refractivity contribution in [1.82, 2.24) is 15.3 Å². The van der Waals surface area contributed by atoms with Gasteiger partial charge in [-0.1, -0.05) is 31.5 Å². The fourth-order valence-corrected chi connectivity index (χ4v) is 4.22. The van der Waals surface area contributed by atoms with E-state index in [-0.39, 0.29) is 5.69 Å². The highest BCUT2D eigenvalue weighted by Gasteiger charge is 2.32. The molecule has 0 bridgehead atoms. The Morgan fingerprint density at radius 1 is 1.06 bits per heavy atom. The average molecular weight is 497 g/mol. The van der Waals surface area contributed by atoms with Gasteiger partial charge in [0.05, 0.1) is 22.7 Å². The maximum atomic E-state index is 13.2. The summed E-state index contributed by atoms with van der Waals surface area (Å²) in [5.74, 6) is -1.09. The van der Waals surface area contributed by atoms with Crippen LogP contribution in [0.1, 0.15) is 36.9 Å². The van der Waals surface area contributed by atoms with Crippen LogP contribution in [0.4, 0.5) is 24.7 Å². The van der Waals surface area contributed by atoms with Gasteiger partial charge in [0.25, 0.3) is 0 Å². The second-order valence-electron chi connectivity index (χ2n) is 8.65. The summed E-state index contributed by atoms with van der Waals surface area (Å²) in [6.07, 6.45) is -2.69. The number of nitrogens with one attached hydrogen (secondary N) is 1. The fourth-order valence-electron chi connectivity index (χ4n) is 4.22. The summed E-state index contributed by atoms with van der Waals surface area (Å²) < 4.78 is 39.5. The maximum absolute atomic E-state index is 13.2. The standard InChI is InChI=1S/C26H27F3N6O/c1-2-3-11-31-25(36)20(17-30)23-24(33-22-10-5-4-9-21(22)32-23)35-14-12-34(13-15-35)19-8-6-7-18(16-19)26(27,28)29/h4-10,16,20H,2-3,11-15H2,1H3,(H,31,36)/t20-/m0/s1. The van der Waals surface area contributed by atoms with Crippen LogP contribution in [0.25, 0.3) is 11.0 Å². The van der Waals surface area contributed by atoms with Gasteiger partial charge < -0.3 is 15.1 Å². The molecule has 0 unspecified atom stereocenters. The summed E-state index contributed by atoms with van der Waals surface area (Å²) in [7, 11) is 0. The quantitative estimate of drug-likeness (QED) is 0.485. The van der Waals surface area contributed by atoms with E-state index in [1.807, 2.05) is 34.9 Å². The number of unbranched alkanes of at least 4 members (excludes halogenated alkanes) is 1. The Kier molecular flexibility index (Phi) is 7.58. The molecule has 0 radical (unpaired) electrons. The average Bonchev–Trinajstić information content (AvgIpc) is 2.88. The zero-order chi connectivity index (χ0) is 25.7. The third kappa shape index (κ3) is 5.51. The summed E-state index contributed by atoms with van der Waals surface area (Å²) in [6, 6.07) is 14.6. The number of piperazine rings is 1. The monoisotopic (exact) mass is 496 g/mol. The van der Waals surface area contributed by atoms with E-state index >= 15 is 0 Å². The molecule has 1 N–H and O–H groups in total. The Balaban J connectivity index is 1.60. The lowest BCUT2D eigenvalue weighted by atomic mass is 10.0. The van der Waals surface area contributed by atoms with Crippen molar-refractivity contribution in [1.29, 1.82) is 5.26 Å². The molecule has 2 heterocycles. The Labute approximate surface area is 207 Å². The number of nitrogens with zero attached hydrogens (tertiary/aromatic N) is 5. The molecular formula is C26H27F3N6O. The molecule has 1 fully saturated rings. The zero-order valence-electron chi connectivity index (χ0n) is 19.9. The molecule has 4 rings (SSSR count). The summed E-state index contributed by atoms with van der Waals surface area (Å²) in [4.78, 5) is 26.1. The van der Waals surface area contributed by atoms with Crippen LogP contribution < -0.4 is 15.1 Å². The first-order valence-electron chi connectivity index (χ1n) is 11.9. The molecule has 10 heteroatoms. The number of amides is 1. The first kappa shape index (κ1) is 25.2. The third-order valence-corrected chi connectivity index (χ3v) is 6.19. The molecule has 1 aliphatic heterocycles. The first-order valence-corrected chi connectivity index (χ1v) is 11.9. The summed E-state index contributed by atoms with van der Waals surface area (Å²) in [6.45, 7) is 4.29. The van der Waals surface area contributed by atoms with Gasteiger partial charge in [-0.15, -0.1) is 0 Å². The van der Waals surface area contributed by atoms with E-state index < -0.39 is 23.6 Å². The Morgan fingerprint density at radius 3 is 2.36 bits per heavy atom. The number of carbonyl (C=O) groups is 1. The maximum Gasteiger partial charge on any atom is 0.416 e. The molecule has 188 valence electrons. The van der Waals surface area contributed by atoms with E-state index in [1.54, 1.807) is 12.1 Å². The Hall–Kier alpha value is -3.87. The van der Waals surface area contributed by atoms with Gasteiger partial charge in [0.1, 0.15) is 5.69 Å². The lowest BCUT2D eigenvalue weighted by molar-refractivity contribution is -0.137. The van der Waals surface area contributed by atoms with Crippen molar-refractivity contribution in [3.05, 3.63) is 59.8 Å². The minimum absolute atomic E-state index is 0.290. The van der Waals surface area contributed by atoms with E-state index in [4.69, 9.17) is 4.98 Å². The number of anilines is 2. The van der Waals surface area contributed by atoms with Gasteiger partial charge in [0.2, 0.25) is 5.91 Å². The van der Waals surface area contributed by atoms with Gasteiger partial charge in [-0.25, -0.2) is 9.97 Å². The minimum Gasteiger partial charge on any atom is -0.368 e. The normalized spacial score (nSPS) is 15.0. The second kappa shape index (κ2) is 10.8. The third-order valence-electron chi connectivity index (χ3n) is 6.19. The number of carbonyl (C=O) groups excluding carboxylic acids is 1. The van der Waals surface area contributed by atoms with Crippen LogP contribution in [0.5, 0.6) is 0 Å². The number of nitriles is 1. The van der Waals surface area contributed by atoms with Crippen LogP contribution in [-0.4, -0.2) is 48.6 Å². The molecule has 7 nitrogen and oxygen atoms in total. The van der Waals surface area contributed by atoms with Crippen molar-refractivity contribution in [2.24, 2.45) is 0 Å². The highest BCUT2D eigenvalue weighted by Crippen LogP contribution is 2.33. The van der Waals surface area contributed by atoms with Crippen LogP contribution in [0.15, 0.2) is 48.5 Å². The number of para-hydroxylation sites is 2. The molecule has 0 aliphatic carbocycles. The van der Waals surface area contributed by atoms with Crippen molar-refractivity contribution in [2.75, 3.05) is 42.5 Å². The first-order chi connectivity index (χ1) is 17.3. The smallest absolute Gasteiger partial charge is 0.368 e. The largest absolute Gasteiger partial charge is 0.416 e. The summed E-state index contributed by atoms with van der Waals surface area (Å²) in [5, 5.41) is 12.7. The SMILES string of the molecule is CCCCNC(=O)[C@@H](C#N)c1nc2ccccc2nc1N1CCN(c2cccc(C(F)(F)F)c2)CC1. The topological polar surface area (TPSA) is 85.1 Å². The van der Waals surface area contributed by atoms with Gasteiger partial charge in [-0.3, -0.25) is 4.79 Å². The molecule has 36 heavy (non-hydrogen) atoms. The number of benzene rings is 2. The molecule has 1 aliphatic rings. The van der Waals surface area contributed by atoms with Crippen molar-refractivity contribution < 1.29 is 18.0 Å². The van der Waals surface area contributed by atoms with Crippen LogP contribution in [0.3, 0.4) is 0 Å². The van der Waals surface area contributed by atoms with Gasteiger partial charge in [0, 0.05) is 38.4 Å². The van der Waals surface area contributed by atoms with Crippen molar-refractivity contribution >= 4 is 28.4 Å². The summed E-state index contributed by atoms with van der Waals surface area (Å²) in [5.41, 5.74) is 1.33. The second-order valence-corrected chi connectivity index (χ2v) is 8.65. The highest BCUT2D eigenvalue weighted by atomic mass is 19.4. The van der Waals surface area contributed by atoms with Crippen molar-refractivity contribution in [2.45, 2.75) is 31.9 Å². The van der Waals surface area contributed by atoms with Crippen LogP contribution in [-0.2, 0) is 11.0 Å². The number of fused-ring (bicyclic) bond motifs is 1.